The highest BCUT2D eigenvalue weighted by molar-refractivity contribution is 7.80. The summed E-state index contributed by atoms with van der Waals surface area (Å²) in [5.74, 6) is 3.18. The summed E-state index contributed by atoms with van der Waals surface area (Å²) in [6.45, 7) is 2.38. The topological polar surface area (TPSA) is 54.3 Å². The molecule has 1 N–H and O–H groups in total. The predicted molar refractivity (Wildman–Crippen MR) is 114 cm³/mol. The van der Waals surface area contributed by atoms with Crippen molar-refractivity contribution in [1.29, 1.82) is 0 Å². The maximum atomic E-state index is 13.4. The van der Waals surface area contributed by atoms with Gasteiger partial charge in [0.2, 0.25) is 5.91 Å². The van der Waals surface area contributed by atoms with Crippen molar-refractivity contribution in [3.8, 4) is 0 Å². The van der Waals surface area contributed by atoms with Crippen LogP contribution in [0.4, 0.5) is 0 Å². The maximum Gasteiger partial charge on any atom is 0.250 e. The number of carbonyl (C=O) groups is 1. The number of hydrogen-bond donors (Lipinski definition) is 1. The molecule has 3 heterocycles. The molecule has 6 heteroatoms. The molecular weight excluding hydrogens is 382 g/mol. The normalized spacial score (nSPS) is 39.2. The fourth-order valence-corrected chi connectivity index (χ4v) is 8.00. The van der Waals surface area contributed by atoms with Gasteiger partial charge in [0.1, 0.15) is 0 Å². The van der Waals surface area contributed by atoms with Gasteiger partial charge in [0.25, 0.3) is 5.56 Å². The minimum Gasteiger partial charge on any atom is -0.348 e. The summed E-state index contributed by atoms with van der Waals surface area (Å²) in [4.78, 5) is 27.8. The van der Waals surface area contributed by atoms with Crippen molar-refractivity contribution < 1.29 is 4.79 Å². The smallest absolute Gasteiger partial charge is 0.250 e. The first-order valence-electron chi connectivity index (χ1n) is 11.3. The van der Waals surface area contributed by atoms with Crippen LogP contribution in [0.1, 0.15) is 56.6 Å². The largest absolute Gasteiger partial charge is 0.348 e. The third kappa shape index (κ3) is 2.89. The maximum absolute atomic E-state index is 13.4. The summed E-state index contributed by atoms with van der Waals surface area (Å²) in [6, 6.07) is 5.59. The van der Waals surface area contributed by atoms with E-state index in [-0.39, 0.29) is 16.9 Å². The molecule has 29 heavy (non-hydrogen) atoms. The summed E-state index contributed by atoms with van der Waals surface area (Å²) in [5, 5.41) is 3.79. The molecule has 5 nitrogen and oxygen atoms in total. The number of carbonyl (C=O) groups excluding carboxylic acids is 1. The number of piperidine rings is 1. The van der Waals surface area contributed by atoms with Crippen LogP contribution in [0, 0.1) is 29.1 Å². The van der Waals surface area contributed by atoms with Crippen LogP contribution in [-0.2, 0) is 11.3 Å². The molecule has 5 fully saturated rings. The molecular formula is C23H29N3O2S. The average Bonchev–Trinajstić information content (AvgIpc) is 2.67. The van der Waals surface area contributed by atoms with Crippen molar-refractivity contribution in [2.75, 3.05) is 13.1 Å². The number of fused-ring (bicyclic) bond motifs is 4. The van der Waals surface area contributed by atoms with Crippen molar-refractivity contribution in [1.82, 2.24) is 14.8 Å². The van der Waals surface area contributed by atoms with Crippen LogP contribution in [0.5, 0.6) is 0 Å². The lowest BCUT2D eigenvalue weighted by atomic mass is 9.49. The minimum absolute atomic E-state index is 0.100. The summed E-state index contributed by atoms with van der Waals surface area (Å²) in [6.07, 6.45) is 8.31. The Labute approximate surface area is 176 Å². The molecule has 1 amide bonds. The molecule has 0 radical (unpaired) electrons. The second-order valence-corrected chi connectivity index (χ2v) is 10.9. The van der Waals surface area contributed by atoms with Crippen molar-refractivity contribution in [2.45, 2.75) is 57.4 Å². The fraction of sp³-hybridized carbons (Fsp3) is 0.696. The van der Waals surface area contributed by atoms with E-state index in [4.69, 9.17) is 12.2 Å². The Kier molecular flexibility index (Phi) is 4.00. The Hall–Kier alpha value is -1.69. The molecule has 1 saturated heterocycles. The molecule has 7 rings (SSSR count). The summed E-state index contributed by atoms with van der Waals surface area (Å²) >= 11 is 5.73. The van der Waals surface area contributed by atoms with Gasteiger partial charge in [-0.15, -0.1) is 0 Å². The first-order valence-corrected chi connectivity index (χ1v) is 11.7. The van der Waals surface area contributed by atoms with Gasteiger partial charge in [-0.2, -0.15) is 0 Å². The second kappa shape index (κ2) is 6.40. The lowest BCUT2D eigenvalue weighted by Crippen LogP contribution is -2.58. The first kappa shape index (κ1) is 18.1. The van der Waals surface area contributed by atoms with Gasteiger partial charge in [0, 0.05) is 37.3 Å². The van der Waals surface area contributed by atoms with E-state index in [0.29, 0.717) is 16.9 Å². The molecule has 6 aliphatic rings. The number of rotatable bonds is 1. The van der Waals surface area contributed by atoms with Crippen LogP contribution in [-0.4, -0.2) is 33.6 Å². The molecule has 154 valence electrons. The number of likely N-dealkylation sites (tertiary alicyclic amines) is 1. The number of hydrogen-bond acceptors (Lipinski definition) is 3. The molecule has 1 aromatic rings. The zero-order valence-corrected chi connectivity index (χ0v) is 17.6. The fourth-order valence-electron chi connectivity index (χ4n) is 7.76. The molecule has 2 atom stereocenters. The van der Waals surface area contributed by atoms with E-state index < -0.39 is 0 Å². The van der Waals surface area contributed by atoms with Crippen LogP contribution in [0.3, 0.4) is 0 Å². The molecule has 4 saturated carbocycles. The Morgan fingerprint density at radius 1 is 0.966 bits per heavy atom. The van der Waals surface area contributed by atoms with Gasteiger partial charge in [0.05, 0.1) is 5.41 Å². The molecule has 2 aliphatic heterocycles. The van der Waals surface area contributed by atoms with E-state index in [1.54, 1.807) is 6.07 Å². The van der Waals surface area contributed by atoms with E-state index in [2.05, 4.69) is 16.3 Å². The zero-order valence-electron chi connectivity index (χ0n) is 16.8. The highest BCUT2D eigenvalue weighted by Crippen LogP contribution is 2.60. The lowest BCUT2D eigenvalue weighted by molar-refractivity contribution is -0.144. The molecule has 6 bridgehead atoms. The molecule has 1 aromatic heterocycles. The highest BCUT2D eigenvalue weighted by atomic mass is 32.1. The summed E-state index contributed by atoms with van der Waals surface area (Å²) in [5.41, 5.74) is 1.06. The van der Waals surface area contributed by atoms with E-state index >= 15 is 0 Å². The van der Waals surface area contributed by atoms with Crippen molar-refractivity contribution in [3.05, 3.63) is 34.2 Å². The van der Waals surface area contributed by atoms with Gasteiger partial charge < -0.3 is 14.8 Å². The summed E-state index contributed by atoms with van der Waals surface area (Å²) < 4.78 is 1.94. The standard InChI is InChI=1S/C23H29N3O2S/c27-20-3-1-2-19-18-7-17(12-26(19)20)11-25(13-18)22(29)24-21(28)23-8-14-4-15(9-23)6-16(5-14)10-23/h1-3,14-18H,4-13H2,(H,24,28,29)/t14?,15?,16?,17?,18-,23?/m0/s1. The van der Waals surface area contributed by atoms with E-state index in [0.717, 1.165) is 68.8 Å². The molecule has 1 unspecified atom stereocenters. The first-order chi connectivity index (χ1) is 14.0. The van der Waals surface area contributed by atoms with E-state index in [1.807, 2.05) is 10.6 Å². The quantitative estimate of drug-likeness (QED) is 0.722. The number of pyridine rings is 1. The predicted octanol–water partition coefficient (Wildman–Crippen LogP) is 2.88. The monoisotopic (exact) mass is 411 g/mol. The van der Waals surface area contributed by atoms with Crippen LogP contribution in [0.15, 0.2) is 23.0 Å². The zero-order chi connectivity index (χ0) is 19.8. The van der Waals surface area contributed by atoms with Crippen LogP contribution in [0.25, 0.3) is 0 Å². The molecule has 0 aromatic carbocycles. The lowest BCUT2D eigenvalue weighted by Gasteiger charge is -2.55. The average molecular weight is 412 g/mol. The Morgan fingerprint density at radius 3 is 2.34 bits per heavy atom. The number of nitrogens with zero attached hydrogens (tertiary/aromatic N) is 2. The van der Waals surface area contributed by atoms with Gasteiger partial charge in [-0.25, -0.2) is 0 Å². The summed E-state index contributed by atoms with van der Waals surface area (Å²) in [7, 11) is 0. The van der Waals surface area contributed by atoms with Gasteiger partial charge in [0.15, 0.2) is 5.11 Å². The van der Waals surface area contributed by atoms with Gasteiger partial charge in [-0.3, -0.25) is 9.59 Å². The second-order valence-electron chi connectivity index (χ2n) is 10.6. The molecule has 0 spiro atoms. The van der Waals surface area contributed by atoms with Crippen molar-refractivity contribution in [3.63, 3.8) is 0 Å². The Morgan fingerprint density at radius 2 is 1.66 bits per heavy atom. The highest BCUT2D eigenvalue weighted by Gasteiger charge is 2.54. The van der Waals surface area contributed by atoms with Gasteiger partial charge in [-0.05, 0) is 86.9 Å². The number of nitrogens with one attached hydrogen (secondary N) is 1. The number of aromatic nitrogens is 1. The van der Waals surface area contributed by atoms with Crippen LogP contribution < -0.4 is 10.9 Å². The third-order valence-corrected chi connectivity index (χ3v) is 8.87. The van der Waals surface area contributed by atoms with Crippen molar-refractivity contribution >= 4 is 23.2 Å². The van der Waals surface area contributed by atoms with Crippen LogP contribution >= 0.6 is 12.2 Å². The minimum atomic E-state index is -0.162. The van der Waals surface area contributed by atoms with Gasteiger partial charge >= 0.3 is 0 Å². The number of thiocarbonyl (C=S) groups is 1. The van der Waals surface area contributed by atoms with Crippen LogP contribution in [0.2, 0.25) is 0 Å². The third-order valence-electron chi connectivity index (χ3n) is 8.51. The Bertz CT molecular complexity index is 903. The van der Waals surface area contributed by atoms with E-state index in [9.17, 15) is 9.59 Å². The SMILES string of the molecule is O=C(NC(=S)N1CC2C[C@@H](C1)c1cccc(=O)n1C2)C12CC3CC(CC(C3)C1)C2. The Balaban J connectivity index is 1.18. The van der Waals surface area contributed by atoms with Crippen molar-refractivity contribution in [2.24, 2.45) is 29.1 Å². The van der Waals surface area contributed by atoms with E-state index in [1.165, 1.54) is 19.3 Å². The molecule has 4 aliphatic carbocycles. The number of amides is 1. The van der Waals surface area contributed by atoms with Gasteiger partial charge in [-0.1, -0.05) is 6.07 Å².